The Morgan fingerprint density at radius 3 is 2.59 bits per heavy atom. The number of benzene rings is 1. The van der Waals surface area contributed by atoms with Crippen molar-refractivity contribution < 1.29 is 13.5 Å². The number of aromatic amines is 1. The second-order valence-corrected chi connectivity index (χ2v) is 8.57. The number of ether oxygens (including phenoxy) is 1. The van der Waals surface area contributed by atoms with Crippen LogP contribution in [-0.4, -0.2) is 29.6 Å². The zero-order chi connectivity index (χ0) is 22.6. The maximum Gasteiger partial charge on any atom is 0.333 e. The molecule has 2 unspecified atom stereocenters. The molecule has 1 saturated carbocycles. The van der Waals surface area contributed by atoms with E-state index in [-0.39, 0.29) is 29.1 Å². The topological polar surface area (TPSA) is 92.8 Å². The Morgan fingerprint density at radius 2 is 1.91 bits per heavy atom. The van der Waals surface area contributed by atoms with Gasteiger partial charge in [-0.05, 0) is 37.2 Å². The fraction of sp³-hybridized carbons (Fsp3) is 0.391. The molecular weight excluding hydrogens is 418 g/mol. The summed E-state index contributed by atoms with van der Waals surface area (Å²) in [6.07, 6.45) is 3.40. The minimum atomic E-state index is -0.709. The molecule has 1 saturated heterocycles. The molecular formula is C23H24F2N4O3. The van der Waals surface area contributed by atoms with Gasteiger partial charge in [0.1, 0.15) is 17.0 Å². The number of fused-ring (bicyclic) bond motifs is 1. The molecule has 0 spiro atoms. The fourth-order valence-corrected chi connectivity index (χ4v) is 4.84. The molecule has 168 valence electrons. The van der Waals surface area contributed by atoms with Crippen LogP contribution in [-0.2, 0) is 0 Å². The van der Waals surface area contributed by atoms with E-state index >= 15 is 4.39 Å². The predicted octanol–water partition coefficient (Wildman–Crippen LogP) is 2.68. The average Bonchev–Trinajstić information content (AvgIpc) is 3.48. The highest BCUT2D eigenvalue weighted by Crippen LogP contribution is 2.45. The van der Waals surface area contributed by atoms with Crippen molar-refractivity contribution in [2.24, 2.45) is 11.7 Å². The number of methoxy groups -OCH3 is 1. The zero-order valence-corrected chi connectivity index (χ0v) is 17.6. The van der Waals surface area contributed by atoms with Gasteiger partial charge in [-0.25, -0.2) is 13.6 Å². The second-order valence-electron chi connectivity index (χ2n) is 8.57. The summed E-state index contributed by atoms with van der Waals surface area (Å²) < 4.78 is 36.2. The summed E-state index contributed by atoms with van der Waals surface area (Å²) in [7, 11) is 1.40. The number of aromatic nitrogens is 2. The van der Waals surface area contributed by atoms with Crippen LogP contribution >= 0.6 is 0 Å². The quantitative estimate of drug-likeness (QED) is 0.634. The number of halogens is 2. The van der Waals surface area contributed by atoms with Crippen LogP contribution in [0.3, 0.4) is 0 Å². The number of rotatable bonds is 5. The number of hydrogen-bond acceptors (Lipinski definition) is 5. The third kappa shape index (κ3) is 3.28. The van der Waals surface area contributed by atoms with Crippen molar-refractivity contribution in [1.82, 2.24) is 9.38 Å². The van der Waals surface area contributed by atoms with Crippen LogP contribution < -0.4 is 26.6 Å². The van der Waals surface area contributed by atoms with E-state index in [1.54, 1.807) is 18.2 Å². The Kier molecular flexibility index (Phi) is 5.00. The van der Waals surface area contributed by atoms with E-state index in [9.17, 15) is 14.0 Å². The Balaban J connectivity index is 1.58. The van der Waals surface area contributed by atoms with Crippen molar-refractivity contribution >= 4 is 11.2 Å². The first-order valence-corrected chi connectivity index (χ1v) is 10.7. The van der Waals surface area contributed by atoms with E-state index in [2.05, 4.69) is 4.98 Å². The SMILES string of the molecule is COc1c(N2CCC(C(N)c3ccccc3F)C2)c(F)cn2c(=O)[nH]c(=O)c(C3CC3)c12. The van der Waals surface area contributed by atoms with Crippen molar-refractivity contribution in [3.05, 3.63) is 74.1 Å². The van der Waals surface area contributed by atoms with E-state index in [0.29, 0.717) is 36.2 Å². The van der Waals surface area contributed by atoms with Crippen LogP contribution in [0.1, 0.15) is 42.3 Å². The van der Waals surface area contributed by atoms with Gasteiger partial charge in [-0.2, -0.15) is 0 Å². The van der Waals surface area contributed by atoms with Gasteiger partial charge in [0.05, 0.1) is 13.3 Å². The summed E-state index contributed by atoms with van der Waals surface area (Å²) in [6, 6.07) is 5.86. The fourth-order valence-electron chi connectivity index (χ4n) is 4.84. The number of pyridine rings is 1. The highest BCUT2D eigenvalue weighted by Gasteiger charge is 2.36. The number of nitrogens with one attached hydrogen (secondary N) is 1. The number of nitrogens with two attached hydrogens (primary N) is 1. The summed E-state index contributed by atoms with van der Waals surface area (Å²) in [6.45, 7) is 0.883. The molecule has 2 atom stereocenters. The Hall–Kier alpha value is -3.20. The molecule has 32 heavy (non-hydrogen) atoms. The molecule has 0 amide bonds. The maximum absolute atomic E-state index is 15.3. The number of nitrogens with zero attached hydrogens (tertiary/aromatic N) is 2. The van der Waals surface area contributed by atoms with Gasteiger partial charge in [-0.1, -0.05) is 18.2 Å². The molecule has 2 aromatic heterocycles. The first kappa shape index (κ1) is 20.7. The highest BCUT2D eigenvalue weighted by molar-refractivity contribution is 5.78. The summed E-state index contributed by atoms with van der Waals surface area (Å²) in [4.78, 5) is 29.1. The van der Waals surface area contributed by atoms with Crippen molar-refractivity contribution in [2.75, 3.05) is 25.1 Å². The highest BCUT2D eigenvalue weighted by atomic mass is 19.1. The van der Waals surface area contributed by atoms with E-state index < -0.39 is 23.1 Å². The van der Waals surface area contributed by atoms with Gasteiger partial charge in [0.15, 0.2) is 11.6 Å². The van der Waals surface area contributed by atoms with E-state index in [0.717, 1.165) is 23.4 Å². The lowest BCUT2D eigenvalue weighted by Gasteiger charge is -2.25. The van der Waals surface area contributed by atoms with E-state index in [1.807, 2.05) is 4.90 Å². The van der Waals surface area contributed by atoms with Gasteiger partial charge in [0, 0.05) is 30.3 Å². The smallest absolute Gasteiger partial charge is 0.333 e. The Morgan fingerprint density at radius 1 is 1.16 bits per heavy atom. The maximum atomic E-state index is 15.3. The lowest BCUT2D eigenvalue weighted by atomic mass is 9.93. The molecule has 2 fully saturated rings. The van der Waals surface area contributed by atoms with Crippen LogP contribution in [0.15, 0.2) is 40.1 Å². The van der Waals surface area contributed by atoms with Crippen LogP contribution in [0.2, 0.25) is 0 Å². The number of hydrogen-bond donors (Lipinski definition) is 2. The lowest BCUT2D eigenvalue weighted by molar-refractivity contribution is 0.412. The van der Waals surface area contributed by atoms with Crippen LogP contribution in [0.25, 0.3) is 5.52 Å². The van der Waals surface area contributed by atoms with Crippen molar-refractivity contribution in [2.45, 2.75) is 31.2 Å². The third-order valence-electron chi connectivity index (χ3n) is 6.58. The standard InChI is InChI=1S/C23H24F2N4O3/c1-32-21-19(28-9-8-13(10-28)18(26)14-4-2-3-5-15(14)24)16(25)11-29-20(21)17(12-6-7-12)22(30)27-23(29)31/h2-5,11-13,18H,6-10,26H2,1H3,(H,27,30,31). The van der Waals surface area contributed by atoms with Gasteiger partial charge >= 0.3 is 5.69 Å². The summed E-state index contributed by atoms with van der Waals surface area (Å²) in [5.74, 6) is -0.917. The molecule has 9 heteroatoms. The molecule has 2 aliphatic rings. The second kappa shape index (κ2) is 7.74. The molecule has 3 heterocycles. The minimum absolute atomic E-state index is 0.0161. The van der Waals surface area contributed by atoms with E-state index in [4.69, 9.17) is 10.5 Å². The average molecular weight is 442 g/mol. The molecule has 1 aliphatic heterocycles. The molecule has 1 aliphatic carbocycles. The van der Waals surface area contributed by atoms with Crippen molar-refractivity contribution in [3.63, 3.8) is 0 Å². The Labute approximate surface area is 182 Å². The molecule has 0 bridgehead atoms. The molecule has 3 aromatic rings. The number of anilines is 1. The molecule has 0 radical (unpaired) electrons. The largest absolute Gasteiger partial charge is 0.492 e. The Bertz CT molecular complexity index is 1320. The zero-order valence-electron chi connectivity index (χ0n) is 17.6. The van der Waals surface area contributed by atoms with Crippen LogP contribution in [0.4, 0.5) is 14.5 Å². The summed E-state index contributed by atoms with van der Waals surface area (Å²) in [5, 5.41) is 0. The van der Waals surface area contributed by atoms with Gasteiger partial charge in [0.25, 0.3) is 5.56 Å². The van der Waals surface area contributed by atoms with Crippen LogP contribution in [0, 0.1) is 17.6 Å². The lowest BCUT2D eigenvalue weighted by Crippen LogP contribution is -2.31. The summed E-state index contributed by atoms with van der Waals surface area (Å²) >= 11 is 0. The van der Waals surface area contributed by atoms with Crippen LogP contribution in [0.5, 0.6) is 5.75 Å². The third-order valence-corrected chi connectivity index (χ3v) is 6.58. The molecule has 7 nitrogen and oxygen atoms in total. The van der Waals surface area contributed by atoms with Gasteiger partial charge < -0.3 is 15.4 Å². The normalized spacial score (nSPS) is 19.5. The minimum Gasteiger partial charge on any atom is -0.492 e. The monoisotopic (exact) mass is 442 g/mol. The number of H-pyrrole nitrogens is 1. The van der Waals surface area contributed by atoms with E-state index in [1.165, 1.54) is 13.2 Å². The van der Waals surface area contributed by atoms with Gasteiger partial charge in [0.2, 0.25) is 0 Å². The summed E-state index contributed by atoms with van der Waals surface area (Å²) in [5.41, 5.74) is 6.58. The molecule has 5 rings (SSSR count). The first-order chi connectivity index (χ1) is 15.4. The predicted molar refractivity (Wildman–Crippen MR) is 116 cm³/mol. The first-order valence-electron chi connectivity index (χ1n) is 10.7. The van der Waals surface area contributed by atoms with Gasteiger partial charge in [-0.3, -0.25) is 14.2 Å². The molecule has 3 N–H and O–H groups in total. The molecule has 1 aromatic carbocycles. The van der Waals surface area contributed by atoms with Crippen molar-refractivity contribution in [3.8, 4) is 5.75 Å². The van der Waals surface area contributed by atoms with Crippen molar-refractivity contribution in [1.29, 1.82) is 0 Å². The van der Waals surface area contributed by atoms with Gasteiger partial charge in [-0.15, -0.1) is 0 Å².